The van der Waals surface area contributed by atoms with Crippen molar-refractivity contribution in [1.29, 1.82) is 0 Å². The number of nitrogens with one attached hydrogen (secondary N) is 2. The first kappa shape index (κ1) is 18.8. The smallest absolute Gasteiger partial charge is 0.249 e. The van der Waals surface area contributed by atoms with Crippen LogP contribution in [-0.4, -0.2) is 30.0 Å². The normalized spacial score (nSPS) is 16.0. The van der Waals surface area contributed by atoms with E-state index in [0.29, 0.717) is 17.1 Å². The van der Waals surface area contributed by atoms with Crippen LogP contribution in [-0.2, 0) is 19.6 Å². The van der Waals surface area contributed by atoms with Gasteiger partial charge in [0.25, 0.3) is 0 Å². The molecule has 0 fully saturated rings. The van der Waals surface area contributed by atoms with Crippen LogP contribution in [0.2, 0.25) is 0 Å². The molecule has 1 aliphatic rings. The Morgan fingerprint density at radius 3 is 2.48 bits per heavy atom. The van der Waals surface area contributed by atoms with Crippen LogP contribution in [0.15, 0.2) is 65.7 Å². The Labute approximate surface area is 166 Å². The SMILES string of the molecule is NS(=O)(=O)c1ccc(NC(=O)[C@@H]2CC(=O)Nc3c(-c4ccccc4)cnn32)cc1. The topological polar surface area (TPSA) is 136 Å². The Kier molecular flexibility index (Phi) is 4.65. The van der Waals surface area contributed by atoms with Gasteiger partial charge in [-0.2, -0.15) is 5.10 Å². The molecule has 0 bridgehead atoms. The number of hydrogen-bond acceptors (Lipinski definition) is 5. The number of benzene rings is 2. The second-order valence-corrected chi connectivity index (χ2v) is 8.11. The predicted molar refractivity (Wildman–Crippen MR) is 106 cm³/mol. The molecule has 3 aromatic rings. The lowest BCUT2D eigenvalue weighted by Crippen LogP contribution is -2.35. The van der Waals surface area contributed by atoms with E-state index in [0.717, 1.165) is 5.56 Å². The number of carbonyl (C=O) groups excluding carboxylic acids is 2. The van der Waals surface area contributed by atoms with E-state index in [-0.39, 0.29) is 17.2 Å². The Balaban J connectivity index is 1.61. The van der Waals surface area contributed by atoms with E-state index in [1.54, 1.807) is 6.20 Å². The second kappa shape index (κ2) is 7.15. The Morgan fingerprint density at radius 2 is 1.83 bits per heavy atom. The molecule has 1 atom stereocenters. The van der Waals surface area contributed by atoms with Gasteiger partial charge in [0.2, 0.25) is 21.8 Å². The number of carbonyl (C=O) groups is 2. The number of fused-ring (bicyclic) bond motifs is 1. The van der Waals surface area contributed by atoms with Crippen molar-refractivity contribution in [3.8, 4) is 11.1 Å². The van der Waals surface area contributed by atoms with E-state index < -0.39 is 22.0 Å². The summed E-state index contributed by atoms with van der Waals surface area (Å²) in [6.45, 7) is 0. The summed E-state index contributed by atoms with van der Waals surface area (Å²) in [5, 5.41) is 14.8. The standard InChI is InChI=1S/C19H17N5O4S/c20-29(27,28)14-8-6-13(7-9-14)22-19(26)16-10-17(25)23-18-15(11-21-24(16)18)12-4-2-1-3-5-12/h1-9,11,16H,10H2,(H,22,26)(H,23,25)(H2,20,27,28)/t16-/m0/s1. The fraction of sp³-hybridized carbons (Fsp3) is 0.105. The molecule has 10 heteroatoms. The van der Waals surface area contributed by atoms with E-state index in [2.05, 4.69) is 15.7 Å². The van der Waals surface area contributed by atoms with Crippen LogP contribution in [0.4, 0.5) is 11.5 Å². The fourth-order valence-electron chi connectivity index (χ4n) is 3.15. The summed E-state index contributed by atoms with van der Waals surface area (Å²) >= 11 is 0. The third-order valence-corrected chi connectivity index (χ3v) is 5.49. The third-order valence-electron chi connectivity index (χ3n) is 4.57. The van der Waals surface area contributed by atoms with Gasteiger partial charge < -0.3 is 10.6 Å². The number of nitrogens with two attached hydrogens (primary N) is 1. The minimum Gasteiger partial charge on any atom is -0.324 e. The van der Waals surface area contributed by atoms with Crippen molar-refractivity contribution in [1.82, 2.24) is 9.78 Å². The monoisotopic (exact) mass is 411 g/mol. The highest BCUT2D eigenvalue weighted by Gasteiger charge is 2.33. The van der Waals surface area contributed by atoms with Gasteiger partial charge in [-0.1, -0.05) is 30.3 Å². The van der Waals surface area contributed by atoms with Crippen molar-refractivity contribution in [2.75, 3.05) is 10.6 Å². The van der Waals surface area contributed by atoms with Crippen LogP contribution in [0.25, 0.3) is 11.1 Å². The van der Waals surface area contributed by atoms with Crippen LogP contribution >= 0.6 is 0 Å². The summed E-state index contributed by atoms with van der Waals surface area (Å²) in [4.78, 5) is 25.0. The Bertz CT molecular complexity index is 1190. The summed E-state index contributed by atoms with van der Waals surface area (Å²) in [5.41, 5.74) is 1.97. The zero-order chi connectivity index (χ0) is 20.6. The van der Waals surface area contributed by atoms with Crippen molar-refractivity contribution in [2.24, 2.45) is 5.14 Å². The first-order chi connectivity index (χ1) is 13.8. The molecule has 0 saturated carbocycles. The summed E-state index contributed by atoms with van der Waals surface area (Å²) in [7, 11) is -3.82. The van der Waals surface area contributed by atoms with Crippen molar-refractivity contribution in [3.05, 3.63) is 60.8 Å². The first-order valence-corrected chi connectivity index (χ1v) is 10.2. The average Bonchev–Trinajstić information content (AvgIpc) is 3.11. The van der Waals surface area contributed by atoms with E-state index in [1.807, 2.05) is 30.3 Å². The van der Waals surface area contributed by atoms with Crippen molar-refractivity contribution >= 4 is 33.3 Å². The van der Waals surface area contributed by atoms with Crippen LogP contribution in [0, 0.1) is 0 Å². The van der Waals surface area contributed by atoms with Gasteiger partial charge in [0.05, 0.1) is 17.5 Å². The number of aromatic nitrogens is 2. The number of amides is 2. The summed E-state index contributed by atoms with van der Waals surface area (Å²) < 4.78 is 24.2. The van der Waals surface area contributed by atoms with Gasteiger partial charge in [-0.15, -0.1) is 0 Å². The molecule has 148 valence electrons. The number of nitrogens with zero attached hydrogens (tertiary/aromatic N) is 2. The summed E-state index contributed by atoms with van der Waals surface area (Å²) in [6.07, 6.45) is 1.54. The van der Waals surface area contributed by atoms with Crippen molar-refractivity contribution in [3.63, 3.8) is 0 Å². The number of sulfonamides is 1. The summed E-state index contributed by atoms with van der Waals surface area (Å²) in [5.74, 6) is -0.274. The molecule has 1 aliphatic heterocycles. The van der Waals surface area contributed by atoms with E-state index in [9.17, 15) is 18.0 Å². The van der Waals surface area contributed by atoms with Gasteiger partial charge in [0.15, 0.2) is 0 Å². The first-order valence-electron chi connectivity index (χ1n) is 8.69. The van der Waals surface area contributed by atoms with Crippen LogP contribution in [0.1, 0.15) is 12.5 Å². The summed E-state index contributed by atoms with van der Waals surface area (Å²) in [6, 6.07) is 14.0. The van der Waals surface area contributed by atoms with Gasteiger partial charge in [0, 0.05) is 11.3 Å². The molecule has 2 aromatic carbocycles. The maximum absolute atomic E-state index is 12.8. The average molecular weight is 411 g/mol. The number of anilines is 2. The molecule has 0 unspecified atom stereocenters. The van der Waals surface area contributed by atoms with Gasteiger partial charge in [-0.05, 0) is 29.8 Å². The molecular formula is C19H17N5O4S. The molecule has 4 rings (SSSR count). The minimum absolute atomic E-state index is 0.0607. The number of primary sulfonamides is 1. The highest BCUT2D eigenvalue weighted by molar-refractivity contribution is 7.89. The lowest BCUT2D eigenvalue weighted by molar-refractivity contribution is -0.125. The van der Waals surface area contributed by atoms with E-state index >= 15 is 0 Å². The van der Waals surface area contributed by atoms with Crippen molar-refractivity contribution < 1.29 is 18.0 Å². The van der Waals surface area contributed by atoms with E-state index in [1.165, 1.54) is 28.9 Å². The van der Waals surface area contributed by atoms with Crippen LogP contribution in [0.5, 0.6) is 0 Å². The molecule has 2 heterocycles. The Hall–Kier alpha value is -3.50. The number of rotatable bonds is 4. The molecule has 0 aliphatic carbocycles. The molecule has 0 radical (unpaired) electrons. The maximum atomic E-state index is 12.8. The van der Waals surface area contributed by atoms with Gasteiger partial charge in [-0.3, -0.25) is 9.59 Å². The third kappa shape index (κ3) is 3.75. The number of hydrogen-bond donors (Lipinski definition) is 3. The Morgan fingerprint density at radius 1 is 1.14 bits per heavy atom. The molecule has 0 saturated heterocycles. The lowest BCUT2D eigenvalue weighted by atomic mass is 10.1. The lowest BCUT2D eigenvalue weighted by Gasteiger charge is -2.24. The molecule has 4 N–H and O–H groups in total. The quantitative estimate of drug-likeness (QED) is 0.600. The predicted octanol–water partition coefficient (Wildman–Crippen LogP) is 1.72. The van der Waals surface area contributed by atoms with Gasteiger partial charge >= 0.3 is 0 Å². The highest BCUT2D eigenvalue weighted by Crippen LogP contribution is 2.34. The zero-order valence-electron chi connectivity index (χ0n) is 15.1. The molecule has 2 amide bonds. The van der Waals surface area contributed by atoms with Crippen LogP contribution < -0.4 is 15.8 Å². The van der Waals surface area contributed by atoms with Crippen LogP contribution in [0.3, 0.4) is 0 Å². The zero-order valence-corrected chi connectivity index (χ0v) is 15.9. The van der Waals surface area contributed by atoms with Gasteiger partial charge in [-0.25, -0.2) is 18.2 Å². The van der Waals surface area contributed by atoms with E-state index in [4.69, 9.17) is 5.14 Å². The highest BCUT2D eigenvalue weighted by atomic mass is 32.2. The molecule has 29 heavy (non-hydrogen) atoms. The molecule has 9 nitrogen and oxygen atoms in total. The molecular weight excluding hydrogens is 394 g/mol. The van der Waals surface area contributed by atoms with Gasteiger partial charge in [0.1, 0.15) is 11.9 Å². The minimum atomic E-state index is -3.82. The largest absolute Gasteiger partial charge is 0.324 e. The van der Waals surface area contributed by atoms with Crippen molar-refractivity contribution in [2.45, 2.75) is 17.4 Å². The second-order valence-electron chi connectivity index (χ2n) is 6.54. The molecule has 0 spiro atoms. The molecule has 1 aromatic heterocycles. The maximum Gasteiger partial charge on any atom is 0.249 e. The fourth-order valence-corrected chi connectivity index (χ4v) is 3.67.